The van der Waals surface area contributed by atoms with Gasteiger partial charge < -0.3 is 19.7 Å². The topological polar surface area (TPSA) is 118 Å². The molecule has 3 rings (SSSR count). The Morgan fingerprint density at radius 1 is 1.32 bits per heavy atom. The molecule has 0 amide bonds. The van der Waals surface area contributed by atoms with Crippen molar-refractivity contribution in [2.45, 2.75) is 50.7 Å². The number of aliphatic hydroxyl groups is 1. The Morgan fingerprint density at radius 3 is 2.76 bits per heavy atom. The summed E-state index contributed by atoms with van der Waals surface area (Å²) in [7, 11) is 0. The van der Waals surface area contributed by atoms with E-state index in [0.717, 1.165) is 0 Å². The number of rotatable bonds is 6. The van der Waals surface area contributed by atoms with Crippen molar-refractivity contribution in [2.24, 2.45) is 0 Å². The van der Waals surface area contributed by atoms with Crippen LogP contribution in [0.3, 0.4) is 0 Å². The fourth-order valence-corrected chi connectivity index (χ4v) is 3.46. The van der Waals surface area contributed by atoms with Gasteiger partial charge in [0.05, 0.1) is 31.5 Å². The van der Waals surface area contributed by atoms with E-state index in [2.05, 4.69) is 20.3 Å². The maximum absolute atomic E-state index is 8.97. The maximum atomic E-state index is 8.97. The van der Waals surface area contributed by atoms with Crippen molar-refractivity contribution in [3.63, 3.8) is 0 Å². The summed E-state index contributed by atoms with van der Waals surface area (Å²) in [6.07, 6.45) is 0.699. The van der Waals surface area contributed by atoms with E-state index in [1.165, 1.54) is 0 Å². The van der Waals surface area contributed by atoms with Gasteiger partial charge in [-0.05, 0) is 18.0 Å². The summed E-state index contributed by atoms with van der Waals surface area (Å²) >= 11 is 12.0. The number of aromatic nitrogens is 5. The van der Waals surface area contributed by atoms with Crippen LogP contribution in [0.15, 0.2) is 0 Å². The number of fused-ring (bicyclic) bond motifs is 1. The van der Waals surface area contributed by atoms with Crippen molar-refractivity contribution in [2.75, 3.05) is 13.2 Å². The van der Waals surface area contributed by atoms with Crippen LogP contribution in [-0.2, 0) is 9.47 Å². The molecule has 3 atom stereocenters. The summed E-state index contributed by atoms with van der Waals surface area (Å²) < 4.78 is 13.1. The van der Waals surface area contributed by atoms with Crippen molar-refractivity contribution in [1.82, 2.24) is 25.0 Å². The third kappa shape index (κ3) is 4.18. The minimum absolute atomic E-state index is 0.00502. The predicted molar refractivity (Wildman–Crippen MR) is 90.8 cm³/mol. The lowest BCUT2D eigenvalue weighted by atomic mass is 10.2. The highest BCUT2D eigenvalue weighted by Gasteiger charge is 2.42. The Kier molecular flexibility index (Phi) is 5.42. The van der Waals surface area contributed by atoms with Crippen LogP contribution in [0.4, 0.5) is 0 Å². The second kappa shape index (κ2) is 7.26. The highest BCUT2D eigenvalue weighted by Crippen LogP contribution is 2.37. The highest BCUT2D eigenvalue weighted by molar-refractivity contribution is 6.35. The largest absolute Gasteiger partial charge is 0.420 e. The van der Waals surface area contributed by atoms with Gasteiger partial charge in [-0.15, -0.1) is 5.10 Å². The quantitative estimate of drug-likeness (QED) is 0.338. The molecule has 0 aliphatic heterocycles. The van der Waals surface area contributed by atoms with Gasteiger partial charge in [-0.1, -0.05) is 16.8 Å². The molecule has 0 radical (unpaired) electrons. The molecule has 1 aliphatic rings. The first kappa shape index (κ1) is 18.7. The molecule has 3 N–H and O–H groups in total. The van der Waals surface area contributed by atoms with Crippen LogP contribution in [0.5, 0.6) is 0 Å². The first-order chi connectivity index (χ1) is 11.8. The van der Waals surface area contributed by atoms with Crippen molar-refractivity contribution in [3.05, 3.63) is 10.4 Å². The minimum atomic E-state index is -1.07. The normalized spacial score (nSPS) is 24.3. The monoisotopic (exact) mass is 392 g/mol. The van der Waals surface area contributed by atoms with E-state index in [0.29, 0.717) is 24.0 Å². The molecule has 11 heteroatoms. The lowest BCUT2D eigenvalue weighted by molar-refractivity contribution is -0.212. The number of hydrogen-bond acceptors (Lipinski definition) is 7. The zero-order chi connectivity index (χ0) is 18.2. The van der Waals surface area contributed by atoms with E-state index < -0.39 is 5.79 Å². The van der Waals surface area contributed by atoms with Gasteiger partial charge in [0, 0.05) is 20.3 Å². The summed E-state index contributed by atoms with van der Waals surface area (Å²) in [5.41, 5.74) is 0.767. The fraction of sp³-hybridized carbons (Fsp3) is 0.714. The maximum Gasteiger partial charge on any atom is 0.267 e. The number of aliphatic hydroxyl groups excluding tert-OH is 1. The summed E-state index contributed by atoms with van der Waals surface area (Å²) in [5.74, 6) is -1.07. The van der Waals surface area contributed by atoms with Gasteiger partial charge in [0.2, 0.25) is 5.28 Å². The number of halogens is 2. The van der Waals surface area contributed by atoms with Crippen LogP contribution in [-0.4, -0.2) is 66.4 Å². The Bertz CT molecular complexity index is 751. The van der Waals surface area contributed by atoms with Gasteiger partial charge in [-0.2, -0.15) is 4.98 Å². The lowest BCUT2D eigenvalue weighted by Crippen LogP contribution is -2.33. The van der Waals surface area contributed by atoms with Gasteiger partial charge in [0.25, 0.3) is 5.79 Å². The summed E-state index contributed by atoms with van der Waals surface area (Å²) in [4.78, 5) is 8.05. The highest BCUT2D eigenvalue weighted by atomic mass is 35.5. The smallest absolute Gasteiger partial charge is 0.267 e. The molecule has 138 valence electrons. The van der Waals surface area contributed by atoms with Gasteiger partial charge in [-0.25, -0.2) is 9.67 Å². The van der Waals surface area contributed by atoms with Gasteiger partial charge in [-0.3, -0.25) is 0 Å². The van der Waals surface area contributed by atoms with Crippen molar-refractivity contribution < 1.29 is 19.7 Å². The Hall–Kier alpha value is -1.10. The Labute approximate surface area is 153 Å². The number of hydrogen-bond donors (Lipinski definition) is 1. The van der Waals surface area contributed by atoms with Crippen molar-refractivity contribution in [3.8, 4) is 0 Å². The molecule has 0 spiro atoms. The van der Waals surface area contributed by atoms with E-state index in [1.807, 2.05) is 0 Å². The average Bonchev–Trinajstić information content (AvgIpc) is 3.07. The Balaban J connectivity index is 1.94. The fourth-order valence-electron chi connectivity index (χ4n) is 3.05. The molecular weight excluding hydrogens is 373 g/mol. The van der Waals surface area contributed by atoms with Gasteiger partial charge in [0.1, 0.15) is 0 Å². The third-order valence-corrected chi connectivity index (χ3v) is 4.32. The first-order valence-corrected chi connectivity index (χ1v) is 8.63. The molecule has 2 aromatic heterocycles. The van der Waals surface area contributed by atoms with Crippen molar-refractivity contribution >= 4 is 34.4 Å². The van der Waals surface area contributed by atoms with Crippen LogP contribution in [0, 0.1) is 0 Å². The lowest BCUT2D eigenvalue weighted by Gasteiger charge is -2.24. The number of ether oxygens (including phenoxy) is 2. The standard InChI is InChI=1S/C14H19Cl2N5O4/c1-14(2,23)25-9-6-7(24-4-3-22)5-8(9)21-12-10(19-20-21)11(15)17-13(16)18-12/h7-9,22-23H,3-6H2,1-2H3/p+1/t7-,8+,9+/m0/s1. The van der Waals surface area contributed by atoms with E-state index in [-0.39, 0.29) is 41.9 Å². The molecule has 0 unspecified atom stereocenters. The van der Waals surface area contributed by atoms with Crippen molar-refractivity contribution in [1.29, 1.82) is 0 Å². The van der Waals surface area contributed by atoms with Crippen LogP contribution in [0.1, 0.15) is 32.7 Å². The molecule has 0 bridgehead atoms. The second-order valence-electron chi connectivity index (χ2n) is 6.41. The second-order valence-corrected chi connectivity index (χ2v) is 7.11. The molecule has 25 heavy (non-hydrogen) atoms. The molecule has 1 saturated carbocycles. The van der Waals surface area contributed by atoms with E-state index in [4.69, 9.17) is 42.9 Å². The molecule has 2 aromatic rings. The Morgan fingerprint density at radius 2 is 2.08 bits per heavy atom. The predicted octanol–water partition coefficient (Wildman–Crippen LogP) is 1.09. The molecule has 1 aliphatic carbocycles. The average molecular weight is 393 g/mol. The molecular formula is C14H20Cl2N5O4+. The van der Waals surface area contributed by atoms with Crippen LogP contribution >= 0.6 is 23.2 Å². The first-order valence-electron chi connectivity index (χ1n) is 7.87. The summed E-state index contributed by atoms with van der Waals surface area (Å²) in [6, 6.07) is -0.250. The van der Waals surface area contributed by atoms with Gasteiger partial charge >= 0.3 is 0 Å². The molecule has 9 nitrogen and oxygen atoms in total. The molecule has 0 saturated heterocycles. The van der Waals surface area contributed by atoms with E-state index in [1.54, 1.807) is 18.5 Å². The summed E-state index contributed by atoms with van der Waals surface area (Å²) in [6.45, 7) is 3.52. The van der Waals surface area contributed by atoms with Gasteiger partial charge in [0.15, 0.2) is 16.3 Å². The molecule has 0 aromatic carbocycles. The number of nitrogens with zero attached hydrogens (tertiary/aromatic N) is 5. The third-order valence-electron chi connectivity index (χ3n) is 3.89. The van der Waals surface area contributed by atoms with Crippen LogP contribution in [0.25, 0.3) is 11.2 Å². The molecule has 2 heterocycles. The minimum Gasteiger partial charge on any atom is -0.420 e. The zero-order valence-corrected chi connectivity index (χ0v) is 15.3. The van der Waals surface area contributed by atoms with Crippen LogP contribution < -0.4 is 0 Å². The van der Waals surface area contributed by atoms with E-state index in [9.17, 15) is 0 Å². The summed E-state index contributed by atoms with van der Waals surface area (Å²) in [5, 5.41) is 25.3. The SMILES string of the molecule is CC(C)([OH2+])O[C@@H]1C[C@@H](OCCO)C[C@H]1n1nnc2c(Cl)nc(Cl)nc21. The molecule has 1 fully saturated rings. The van der Waals surface area contributed by atoms with E-state index >= 15 is 0 Å². The zero-order valence-electron chi connectivity index (χ0n) is 13.8. The van der Waals surface area contributed by atoms with Crippen LogP contribution in [0.2, 0.25) is 10.4 Å².